The van der Waals surface area contributed by atoms with Crippen LogP contribution in [-0.2, 0) is 30.9 Å². The molecule has 8 nitrogen and oxygen atoms in total. The van der Waals surface area contributed by atoms with Crippen molar-refractivity contribution in [3.05, 3.63) is 28.6 Å². The van der Waals surface area contributed by atoms with Crippen molar-refractivity contribution in [2.45, 2.75) is 46.1 Å². The predicted molar refractivity (Wildman–Crippen MR) is 120 cm³/mol. The predicted octanol–water partition coefficient (Wildman–Crippen LogP) is 2.49. The van der Waals surface area contributed by atoms with Crippen LogP contribution in [0.4, 0.5) is 0 Å². The SMILES string of the molecule is CCOC(=O)Cn1c(=NC(=O)C2CCCN(S(C)(=O)=O)C2)sc2cc(C(C)C)ccc21. The van der Waals surface area contributed by atoms with Crippen LogP contribution in [0.3, 0.4) is 0 Å². The van der Waals surface area contributed by atoms with Gasteiger partial charge >= 0.3 is 5.97 Å². The summed E-state index contributed by atoms with van der Waals surface area (Å²) in [5.41, 5.74) is 1.97. The van der Waals surface area contributed by atoms with Crippen molar-refractivity contribution in [2.75, 3.05) is 26.0 Å². The molecule has 170 valence electrons. The molecular weight excluding hydrogens is 438 g/mol. The lowest BCUT2D eigenvalue weighted by Gasteiger charge is -2.28. The van der Waals surface area contributed by atoms with E-state index in [1.807, 2.05) is 12.1 Å². The molecule has 2 heterocycles. The van der Waals surface area contributed by atoms with Gasteiger partial charge in [0.1, 0.15) is 6.54 Å². The summed E-state index contributed by atoms with van der Waals surface area (Å²) in [6, 6.07) is 6.01. The zero-order valence-electron chi connectivity index (χ0n) is 18.3. The van der Waals surface area contributed by atoms with Gasteiger partial charge in [0.05, 0.1) is 29.0 Å². The van der Waals surface area contributed by atoms with Gasteiger partial charge in [0.15, 0.2) is 4.80 Å². The number of hydrogen-bond acceptors (Lipinski definition) is 6. The summed E-state index contributed by atoms with van der Waals surface area (Å²) in [6.07, 6.45) is 2.36. The van der Waals surface area contributed by atoms with E-state index in [4.69, 9.17) is 4.74 Å². The lowest BCUT2D eigenvalue weighted by Crippen LogP contribution is -2.41. The van der Waals surface area contributed by atoms with Crippen LogP contribution >= 0.6 is 11.3 Å². The average molecular weight is 468 g/mol. The quantitative estimate of drug-likeness (QED) is 0.608. The number of rotatable bonds is 6. The minimum Gasteiger partial charge on any atom is -0.465 e. The highest BCUT2D eigenvalue weighted by Gasteiger charge is 2.30. The van der Waals surface area contributed by atoms with Gasteiger partial charge in [-0.3, -0.25) is 9.59 Å². The van der Waals surface area contributed by atoms with Gasteiger partial charge in [-0.05, 0) is 43.4 Å². The highest BCUT2D eigenvalue weighted by molar-refractivity contribution is 7.88. The maximum absolute atomic E-state index is 12.9. The summed E-state index contributed by atoms with van der Waals surface area (Å²) in [6.45, 7) is 6.75. The summed E-state index contributed by atoms with van der Waals surface area (Å²) in [4.78, 5) is 29.9. The first-order chi connectivity index (χ1) is 14.6. The molecule has 3 rings (SSSR count). The van der Waals surface area contributed by atoms with Crippen LogP contribution in [0.15, 0.2) is 23.2 Å². The Morgan fingerprint density at radius 3 is 2.71 bits per heavy atom. The molecule has 1 aliphatic rings. The molecule has 1 fully saturated rings. The first kappa shape index (κ1) is 23.6. The molecule has 31 heavy (non-hydrogen) atoms. The molecule has 0 spiro atoms. The molecule has 1 aliphatic heterocycles. The summed E-state index contributed by atoms with van der Waals surface area (Å²) >= 11 is 1.35. The number of esters is 1. The summed E-state index contributed by atoms with van der Waals surface area (Å²) < 4.78 is 32.8. The van der Waals surface area contributed by atoms with Crippen molar-refractivity contribution in [3.8, 4) is 0 Å². The normalized spacial score (nSPS) is 18.6. The van der Waals surface area contributed by atoms with Crippen LogP contribution in [0.5, 0.6) is 0 Å². The number of nitrogens with zero attached hydrogens (tertiary/aromatic N) is 3. The minimum atomic E-state index is -3.35. The Morgan fingerprint density at radius 2 is 2.06 bits per heavy atom. The fraction of sp³-hybridized carbons (Fsp3) is 0.571. The molecule has 1 atom stereocenters. The van der Waals surface area contributed by atoms with Crippen LogP contribution in [-0.4, -0.2) is 55.1 Å². The van der Waals surface area contributed by atoms with Crippen molar-refractivity contribution < 1.29 is 22.7 Å². The van der Waals surface area contributed by atoms with E-state index in [-0.39, 0.29) is 25.6 Å². The highest BCUT2D eigenvalue weighted by Crippen LogP contribution is 2.24. The fourth-order valence-corrected chi connectivity index (χ4v) is 5.65. The van der Waals surface area contributed by atoms with Crippen LogP contribution < -0.4 is 4.80 Å². The molecule has 1 saturated heterocycles. The number of hydrogen-bond donors (Lipinski definition) is 0. The summed E-state index contributed by atoms with van der Waals surface area (Å²) in [5, 5.41) is 0. The second kappa shape index (κ2) is 9.62. The van der Waals surface area contributed by atoms with Crippen LogP contribution in [0, 0.1) is 5.92 Å². The van der Waals surface area contributed by atoms with Gasteiger partial charge in [-0.15, -0.1) is 0 Å². The zero-order valence-corrected chi connectivity index (χ0v) is 20.0. The van der Waals surface area contributed by atoms with Gasteiger partial charge in [-0.1, -0.05) is 31.3 Å². The zero-order chi connectivity index (χ0) is 22.8. The monoisotopic (exact) mass is 467 g/mol. The molecule has 1 aromatic heterocycles. The largest absolute Gasteiger partial charge is 0.465 e. The Labute approximate surface area is 186 Å². The molecule has 2 aromatic rings. The Balaban J connectivity index is 2.01. The van der Waals surface area contributed by atoms with Crippen molar-refractivity contribution in [1.82, 2.24) is 8.87 Å². The smallest absolute Gasteiger partial charge is 0.326 e. The van der Waals surface area contributed by atoms with E-state index in [0.717, 1.165) is 22.0 Å². The molecule has 0 N–H and O–H groups in total. The second-order valence-electron chi connectivity index (χ2n) is 8.07. The number of piperidine rings is 1. The molecule has 1 aromatic carbocycles. The van der Waals surface area contributed by atoms with E-state index in [1.165, 1.54) is 15.6 Å². The van der Waals surface area contributed by atoms with Crippen LogP contribution in [0.2, 0.25) is 0 Å². The third-order valence-corrected chi connectivity index (χ3v) is 7.69. The standard InChI is InChI=1S/C21H29N3O5S2/c1-5-29-19(25)13-24-17-9-8-15(14(2)3)11-18(17)30-21(24)22-20(26)16-7-6-10-23(12-16)31(4,27)28/h8-9,11,14,16H,5-7,10,12-13H2,1-4H3. The van der Waals surface area contributed by atoms with Crippen molar-refractivity contribution in [3.63, 3.8) is 0 Å². The van der Waals surface area contributed by atoms with Gasteiger partial charge in [0.25, 0.3) is 5.91 Å². The number of carbonyl (C=O) groups excluding carboxylic acids is 2. The van der Waals surface area contributed by atoms with Gasteiger partial charge in [0.2, 0.25) is 10.0 Å². The fourth-order valence-electron chi connectivity index (χ4n) is 3.65. The lowest BCUT2D eigenvalue weighted by atomic mass is 9.99. The third-order valence-electron chi connectivity index (χ3n) is 5.37. The lowest BCUT2D eigenvalue weighted by molar-refractivity contribution is -0.143. The maximum atomic E-state index is 12.9. The molecular formula is C21H29N3O5S2. The molecule has 0 aliphatic carbocycles. The molecule has 0 bridgehead atoms. The van der Waals surface area contributed by atoms with Crippen molar-refractivity contribution in [2.24, 2.45) is 10.9 Å². The number of thiazole rings is 1. The minimum absolute atomic E-state index is 0.0406. The Morgan fingerprint density at radius 1 is 1.32 bits per heavy atom. The van der Waals surface area contributed by atoms with Crippen LogP contribution in [0.25, 0.3) is 10.2 Å². The van der Waals surface area contributed by atoms with E-state index in [2.05, 4.69) is 24.9 Å². The molecule has 1 amide bonds. The summed E-state index contributed by atoms with van der Waals surface area (Å²) in [7, 11) is -3.35. The molecule has 1 unspecified atom stereocenters. The van der Waals surface area contributed by atoms with E-state index in [1.54, 1.807) is 11.5 Å². The number of sulfonamides is 1. The number of aromatic nitrogens is 1. The van der Waals surface area contributed by atoms with E-state index < -0.39 is 21.9 Å². The maximum Gasteiger partial charge on any atom is 0.326 e. The number of ether oxygens (including phenoxy) is 1. The topological polar surface area (TPSA) is 98.0 Å². The Hall–Kier alpha value is -2.04. The van der Waals surface area contributed by atoms with Gasteiger partial charge in [0, 0.05) is 13.1 Å². The average Bonchev–Trinajstić information content (AvgIpc) is 3.03. The number of benzene rings is 1. The van der Waals surface area contributed by atoms with E-state index in [9.17, 15) is 18.0 Å². The second-order valence-corrected chi connectivity index (χ2v) is 11.1. The highest BCUT2D eigenvalue weighted by atomic mass is 32.2. The van der Waals surface area contributed by atoms with Gasteiger partial charge in [-0.2, -0.15) is 4.99 Å². The Kier molecular flexibility index (Phi) is 7.33. The van der Waals surface area contributed by atoms with E-state index >= 15 is 0 Å². The number of carbonyl (C=O) groups is 2. The molecule has 0 radical (unpaired) electrons. The van der Waals surface area contributed by atoms with Gasteiger partial charge < -0.3 is 9.30 Å². The third kappa shape index (κ3) is 5.61. The van der Waals surface area contributed by atoms with Crippen LogP contribution in [0.1, 0.15) is 45.1 Å². The molecule has 0 saturated carbocycles. The van der Waals surface area contributed by atoms with Crippen molar-refractivity contribution >= 4 is 43.5 Å². The first-order valence-electron chi connectivity index (χ1n) is 10.4. The number of amides is 1. The number of fused-ring (bicyclic) bond motifs is 1. The van der Waals surface area contributed by atoms with E-state index in [0.29, 0.717) is 30.1 Å². The summed E-state index contributed by atoms with van der Waals surface area (Å²) in [5.74, 6) is -0.904. The van der Waals surface area contributed by atoms with Gasteiger partial charge in [-0.25, -0.2) is 12.7 Å². The first-order valence-corrected chi connectivity index (χ1v) is 13.1. The Bertz CT molecular complexity index is 1150. The van der Waals surface area contributed by atoms with Crippen molar-refractivity contribution in [1.29, 1.82) is 0 Å². The molecule has 10 heteroatoms.